The summed E-state index contributed by atoms with van der Waals surface area (Å²) in [6, 6.07) is -1.85. The quantitative estimate of drug-likeness (QED) is 0.664. The maximum atomic E-state index is 12.8. The number of rotatable bonds is 5. The van der Waals surface area contributed by atoms with E-state index in [1.807, 2.05) is 0 Å². The topological polar surface area (TPSA) is 98.8 Å². The minimum absolute atomic E-state index is 0.0196. The van der Waals surface area contributed by atoms with Crippen molar-refractivity contribution in [3.63, 3.8) is 0 Å². The van der Waals surface area contributed by atoms with Crippen molar-refractivity contribution in [2.24, 2.45) is 0 Å². The number of Topliss-reactive ketones (excluding diaryl/α,β-unsaturated/α-hetero) is 1. The SMILES string of the molecule is CC(=O)C1CCCN1C(=O)C(C)NC(=O)C1CCCN1C(=O)C1CSCN1. The van der Waals surface area contributed by atoms with Crippen LogP contribution in [0, 0.1) is 0 Å². The first-order valence-corrected chi connectivity index (χ1v) is 10.8. The summed E-state index contributed by atoms with van der Waals surface area (Å²) in [6.07, 6.45) is 2.87. The minimum Gasteiger partial charge on any atom is -0.343 e. The summed E-state index contributed by atoms with van der Waals surface area (Å²) in [5.74, 6) is 0.901. The Labute approximate surface area is 163 Å². The molecule has 4 unspecified atom stereocenters. The molecule has 0 saturated carbocycles. The maximum Gasteiger partial charge on any atom is 0.245 e. The number of nitrogens with zero attached hydrogens (tertiary/aromatic N) is 2. The molecular weight excluding hydrogens is 368 g/mol. The summed E-state index contributed by atoms with van der Waals surface area (Å²) >= 11 is 1.67. The van der Waals surface area contributed by atoms with Gasteiger partial charge >= 0.3 is 0 Å². The number of ketones is 1. The highest BCUT2D eigenvalue weighted by Gasteiger charge is 2.40. The normalized spacial score (nSPS) is 29.0. The van der Waals surface area contributed by atoms with E-state index in [4.69, 9.17) is 0 Å². The Morgan fingerprint density at radius 1 is 1.07 bits per heavy atom. The van der Waals surface area contributed by atoms with Crippen molar-refractivity contribution in [2.45, 2.75) is 63.7 Å². The Kier molecular flexibility index (Phi) is 6.41. The lowest BCUT2D eigenvalue weighted by Gasteiger charge is -2.29. The third kappa shape index (κ3) is 4.29. The summed E-state index contributed by atoms with van der Waals surface area (Å²) in [4.78, 5) is 53.1. The fourth-order valence-electron chi connectivity index (χ4n) is 4.13. The first-order chi connectivity index (χ1) is 12.9. The molecule has 3 amide bonds. The zero-order valence-corrected chi connectivity index (χ0v) is 16.7. The van der Waals surface area contributed by atoms with E-state index in [0.717, 1.165) is 24.5 Å². The highest BCUT2D eigenvalue weighted by Crippen LogP contribution is 2.22. The second-order valence-electron chi connectivity index (χ2n) is 7.49. The molecule has 2 N–H and O–H groups in total. The van der Waals surface area contributed by atoms with Crippen LogP contribution in [-0.2, 0) is 19.2 Å². The Bertz CT molecular complexity index is 622. The van der Waals surface area contributed by atoms with Gasteiger partial charge in [0.2, 0.25) is 17.7 Å². The summed E-state index contributed by atoms with van der Waals surface area (Å²) < 4.78 is 0. The molecule has 3 heterocycles. The second-order valence-corrected chi connectivity index (χ2v) is 8.52. The van der Waals surface area contributed by atoms with Crippen LogP contribution in [0.25, 0.3) is 0 Å². The van der Waals surface area contributed by atoms with Gasteiger partial charge in [0.1, 0.15) is 12.1 Å². The standard InChI is InChI=1S/C18H28N4O4S/c1-11(17(25)21-7-3-5-14(21)12(2)23)20-16(24)15-6-4-8-22(15)18(26)13-9-27-10-19-13/h11,13-15,19H,3-10H2,1-2H3,(H,20,24). The molecule has 4 atom stereocenters. The van der Waals surface area contributed by atoms with Crippen molar-refractivity contribution in [3.05, 3.63) is 0 Å². The summed E-state index contributed by atoms with van der Waals surface area (Å²) in [7, 11) is 0. The van der Waals surface area contributed by atoms with Crippen LogP contribution in [0.15, 0.2) is 0 Å². The number of hydrogen-bond acceptors (Lipinski definition) is 6. The van der Waals surface area contributed by atoms with Crippen molar-refractivity contribution < 1.29 is 19.2 Å². The molecular formula is C18H28N4O4S. The number of carbonyl (C=O) groups excluding carboxylic acids is 4. The largest absolute Gasteiger partial charge is 0.343 e. The predicted octanol–water partition coefficient (Wildman–Crippen LogP) is -0.275. The van der Waals surface area contributed by atoms with Crippen LogP contribution < -0.4 is 10.6 Å². The van der Waals surface area contributed by atoms with E-state index in [2.05, 4.69) is 10.6 Å². The number of amides is 3. The number of likely N-dealkylation sites (tertiary alicyclic amines) is 2. The average molecular weight is 397 g/mol. The Morgan fingerprint density at radius 3 is 2.37 bits per heavy atom. The van der Waals surface area contributed by atoms with Crippen LogP contribution in [0.4, 0.5) is 0 Å². The molecule has 8 nitrogen and oxygen atoms in total. The fraction of sp³-hybridized carbons (Fsp3) is 0.778. The van der Waals surface area contributed by atoms with Gasteiger partial charge in [-0.15, -0.1) is 11.8 Å². The molecule has 0 aliphatic carbocycles. The fourth-order valence-corrected chi connectivity index (χ4v) is 5.06. The number of thioether (sulfide) groups is 1. The first-order valence-electron chi connectivity index (χ1n) is 9.63. The molecule has 3 rings (SSSR count). The molecule has 0 spiro atoms. The molecule has 3 aliphatic heterocycles. The molecule has 0 radical (unpaired) electrons. The van der Waals surface area contributed by atoms with Crippen molar-refractivity contribution in [2.75, 3.05) is 24.7 Å². The minimum atomic E-state index is -0.713. The van der Waals surface area contributed by atoms with E-state index in [0.29, 0.717) is 25.9 Å². The molecule has 3 saturated heterocycles. The van der Waals surface area contributed by atoms with Crippen LogP contribution in [0.3, 0.4) is 0 Å². The highest BCUT2D eigenvalue weighted by atomic mass is 32.2. The first kappa shape index (κ1) is 20.1. The lowest BCUT2D eigenvalue weighted by molar-refractivity contribution is -0.142. The van der Waals surface area contributed by atoms with Crippen molar-refractivity contribution in [1.82, 2.24) is 20.4 Å². The van der Waals surface area contributed by atoms with Crippen LogP contribution in [0.5, 0.6) is 0 Å². The Morgan fingerprint density at radius 2 is 1.74 bits per heavy atom. The van der Waals surface area contributed by atoms with E-state index in [1.54, 1.807) is 28.5 Å². The molecule has 0 bridgehead atoms. The number of carbonyl (C=O) groups is 4. The molecule has 150 valence electrons. The smallest absolute Gasteiger partial charge is 0.245 e. The van der Waals surface area contributed by atoms with Gasteiger partial charge in [-0.2, -0.15) is 0 Å². The van der Waals surface area contributed by atoms with E-state index >= 15 is 0 Å². The van der Waals surface area contributed by atoms with Crippen LogP contribution in [0.1, 0.15) is 39.5 Å². The van der Waals surface area contributed by atoms with Crippen molar-refractivity contribution in [3.8, 4) is 0 Å². The molecule has 9 heteroatoms. The van der Waals surface area contributed by atoms with Gasteiger partial charge in [-0.1, -0.05) is 0 Å². The summed E-state index contributed by atoms with van der Waals surface area (Å²) in [5.41, 5.74) is 0. The van der Waals surface area contributed by atoms with Gasteiger partial charge in [-0.3, -0.25) is 24.5 Å². The van der Waals surface area contributed by atoms with Crippen LogP contribution in [-0.4, -0.2) is 82.2 Å². The Hall–Kier alpha value is -1.61. The van der Waals surface area contributed by atoms with Crippen LogP contribution >= 0.6 is 11.8 Å². The van der Waals surface area contributed by atoms with E-state index in [-0.39, 0.29) is 35.6 Å². The molecule has 0 aromatic rings. The van der Waals surface area contributed by atoms with Gasteiger partial charge < -0.3 is 15.1 Å². The van der Waals surface area contributed by atoms with E-state index < -0.39 is 12.1 Å². The number of hydrogen-bond donors (Lipinski definition) is 2. The molecule has 0 aromatic heterocycles. The zero-order chi connectivity index (χ0) is 19.6. The van der Waals surface area contributed by atoms with Gasteiger partial charge in [0.05, 0.1) is 12.1 Å². The Balaban J connectivity index is 1.59. The van der Waals surface area contributed by atoms with Gasteiger partial charge in [-0.05, 0) is 39.5 Å². The summed E-state index contributed by atoms with van der Waals surface area (Å²) in [5, 5.41) is 5.92. The van der Waals surface area contributed by atoms with Crippen LogP contribution in [0.2, 0.25) is 0 Å². The molecule has 27 heavy (non-hydrogen) atoms. The summed E-state index contributed by atoms with van der Waals surface area (Å²) in [6.45, 7) is 4.26. The highest BCUT2D eigenvalue weighted by molar-refractivity contribution is 7.99. The monoisotopic (exact) mass is 396 g/mol. The van der Waals surface area contributed by atoms with Gasteiger partial charge in [0.15, 0.2) is 5.78 Å². The van der Waals surface area contributed by atoms with Gasteiger partial charge in [0, 0.05) is 24.7 Å². The molecule has 3 aliphatic rings. The number of nitrogens with one attached hydrogen (secondary N) is 2. The lowest BCUT2D eigenvalue weighted by atomic mass is 10.1. The zero-order valence-electron chi connectivity index (χ0n) is 15.9. The third-order valence-corrected chi connectivity index (χ3v) is 6.53. The molecule has 3 fully saturated rings. The van der Waals surface area contributed by atoms with Crippen molar-refractivity contribution >= 4 is 35.3 Å². The average Bonchev–Trinajstić information content (AvgIpc) is 3.41. The lowest BCUT2D eigenvalue weighted by Crippen LogP contribution is -2.55. The van der Waals surface area contributed by atoms with E-state index in [9.17, 15) is 19.2 Å². The third-order valence-electron chi connectivity index (χ3n) is 5.59. The van der Waals surface area contributed by atoms with Crippen molar-refractivity contribution in [1.29, 1.82) is 0 Å². The predicted molar refractivity (Wildman–Crippen MR) is 102 cm³/mol. The maximum absolute atomic E-state index is 12.8. The van der Waals surface area contributed by atoms with E-state index in [1.165, 1.54) is 6.92 Å². The van der Waals surface area contributed by atoms with Gasteiger partial charge in [-0.25, -0.2) is 0 Å². The second kappa shape index (κ2) is 8.60. The van der Waals surface area contributed by atoms with Gasteiger partial charge in [0.25, 0.3) is 0 Å². The molecule has 0 aromatic carbocycles.